The quantitative estimate of drug-likeness (QED) is 0.783. The van der Waals surface area contributed by atoms with Gasteiger partial charge in [0.25, 0.3) is 5.91 Å². The largest absolute Gasteiger partial charge is 0.447 e. The Morgan fingerprint density at radius 1 is 1.00 bits per heavy atom. The van der Waals surface area contributed by atoms with Gasteiger partial charge in [0.05, 0.1) is 5.92 Å². The molecule has 2 aromatic rings. The van der Waals surface area contributed by atoms with Crippen LogP contribution in [0.1, 0.15) is 49.3 Å². The monoisotopic (exact) mass is 337 g/mol. The summed E-state index contributed by atoms with van der Waals surface area (Å²) < 4.78 is 5.68. The molecule has 0 bridgehead atoms. The fourth-order valence-corrected chi connectivity index (χ4v) is 2.83. The number of nitrogens with one attached hydrogen (secondary N) is 1. The maximum absolute atomic E-state index is 12.8. The number of amides is 1. The van der Waals surface area contributed by atoms with Crippen molar-refractivity contribution < 1.29 is 14.3 Å². The zero-order chi connectivity index (χ0) is 17.6. The highest BCUT2D eigenvalue weighted by atomic mass is 16.5. The summed E-state index contributed by atoms with van der Waals surface area (Å²) in [7, 11) is 0. The van der Waals surface area contributed by atoms with Gasteiger partial charge in [-0.05, 0) is 24.8 Å². The molecule has 4 heteroatoms. The lowest BCUT2D eigenvalue weighted by molar-refractivity contribution is -0.158. The van der Waals surface area contributed by atoms with Crippen molar-refractivity contribution >= 4 is 11.9 Å². The van der Waals surface area contributed by atoms with Crippen LogP contribution < -0.4 is 5.32 Å². The zero-order valence-electron chi connectivity index (χ0n) is 14.4. The van der Waals surface area contributed by atoms with E-state index in [1.165, 1.54) is 0 Å². The van der Waals surface area contributed by atoms with Gasteiger partial charge in [-0.25, -0.2) is 0 Å². The van der Waals surface area contributed by atoms with Gasteiger partial charge in [0.15, 0.2) is 0 Å². The number of carbonyl (C=O) groups excluding carboxylic acids is 2. The van der Waals surface area contributed by atoms with Crippen LogP contribution in [-0.2, 0) is 14.3 Å². The normalized spacial score (nSPS) is 15.9. The Kier molecular flexibility index (Phi) is 5.49. The van der Waals surface area contributed by atoms with Crippen LogP contribution in [0.2, 0.25) is 0 Å². The summed E-state index contributed by atoms with van der Waals surface area (Å²) in [5.74, 6) is -0.986. The molecule has 1 fully saturated rings. The van der Waals surface area contributed by atoms with Gasteiger partial charge in [0, 0.05) is 11.6 Å². The Labute approximate surface area is 148 Å². The average Bonchev–Trinajstić information content (AvgIpc) is 3.46. The van der Waals surface area contributed by atoms with E-state index in [-0.39, 0.29) is 23.8 Å². The van der Waals surface area contributed by atoms with Crippen LogP contribution >= 0.6 is 0 Å². The molecule has 2 atom stereocenters. The molecule has 0 radical (unpaired) electrons. The molecule has 0 unspecified atom stereocenters. The van der Waals surface area contributed by atoms with Crippen LogP contribution in [0.25, 0.3) is 0 Å². The van der Waals surface area contributed by atoms with E-state index in [9.17, 15) is 9.59 Å². The number of hydrogen-bond acceptors (Lipinski definition) is 3. The molecule has 1 N–H and O–H groups in total. The predicted octanol–water partition coefficient (Wildman–Crippen LogP) is 3.74. The summed E-state index contributed by atoms with van der Waals surface area (Å²) in [4.78, 5) is 25.4. The third kappa shape index (κ3) is 4.47. The van der Waals surface area contributed by atoms with Crippen LogP contribution in [0.3, 0.4) is 0 Å². The molecule has 3 rings (SSSR count). The standard InChI is InChI=1S/C21H23NO3/c1-2-18(15-9-5-3-6-10-15)21(24)25-19(16-11-7-4-8-12-16)20(23)22-17-13-14-17/h3-12,17-19H,2,13-14H2,1H3,(H,22,23)/t18-,19+/m1/s1. The second-order valence-electron chi connectivity index (χ2n) is 6.38. The summed E-state index contributed by atoms with van der Waals surface area (Å²) in [5.41, 5.74) is 1.60. The van der Waals surface area contributed by atoms with Crippen molar-refractivity contribution in [3.05, 3.63) is 71.8 Å². The number of rotatable bonds is 7. The van der Waals surface area contributed by atoms with Crippen molar-refractivity contribution in [2.45, 2.75) is 44.2 Å². The van der Waals surface area contributed by atoms with Gasteiger partial charge >= 0.3 is 5.97 Å². The molecule has 1 aliphatic carbocycles. The van der Waals surface area contributed by atoms with Crippen LogP contribution in [0.5, 0.6) is 0 Å². The van der Waals surface area contributed by atoms with Crippen molar-refractivity contribution in [3.8, 4) is 0 Å². The summed E-state index contributed by atoms with van der Waals surface area (Å²) in [6.07, 6.45) is 1.69. The molecule has 0 heterocycles. The topological polar surface area (TPSA) is 55.4 Å². The van der Waals surface area contributed by atoms with Crippen molar-refractivity contribution in [2.75, 3.05) is 0 Å². The van der Waals surface area contributed by atoms with E-state index in [0.717, 1.165) is 18.4 Å². The van der Waals surface area contributed by atoms with E-state index in [2.05, 4.69) is 5.32 Å². The number of carbonyl (C=O) groups is 2. The molecule has 25 heavy (non-hydrogen) atoms. The van der Waals surface area contributed by atoms with Gasteiger partial charge in [-0.3, -0.25) is 9.59 Å². The van der Waals surface area contributed by atoms with Crippen molar-refractivity contribution in [1.29, 1.82) is 0 Å². The lowest BCUT2D eigenvalue weighted by atomic mass is 9.96. The number of esters is 1. The van der Waals surface area contributed by atoms with Gasteiger partial charge in [-0.1, -0.05) is 67.6 Å². The van der Waals surface area contributed by atoms with Crippen LogP contribution in [0, 0.1) is 0 Å². The first kappa shape index (κ1) is 17.2. The molecule has 0 spiro atoms. The lowest BCUT2D eigenvalue weighted by Crippen LogP contribution is -2.34. The fraction of sp³-hybridized carbons (Fsp3) is 0.333. The third-order valence-corrected chi connectivity index (χ3v) is 4.39. The molecule has 2 aromatic carbocycles. The van der Waals surface area contributed by atoms with Crippen molar-refractivity contribution in [1.82, 2.24) is 5.32 Å². The van der Waals surface area contributed by atoms with Crippen LogP contribution in [-0.4, -0.2) is 17.9 Å². The van der Waals surface area contributed by atoms with Gasteiger partial charge in [0.1, 0.15) is 0 Å². The first-order valence-corrected chi connectivity index (χ1v) is 8.79. The molecular weight excluding hydrogens is 314 g/mol. The Hall–Kier alpha value is -2.62. The van der Waals surface area contributed by atoms with E-state index in [1.54, 1.807) is 0 Å². The Balaban J connectivity index is 1.78. The molecule has 130 valence electrons. The maximum Gasteiger partial charge on any atom is 0.314 e. The SMILES string of the molecule is CC[C@@H](C(=O)O[C@H](C(=O)NC1CC1)c1ccccc1)c1ccccc1. The fourth-order valence-electron chi connectivity index (χ4n) is 2.83. The van der Waals surface area contributed by atoms with E-state index in [0.29, 0.717) is 12.0 Å². The second kappa shape index (κ2) is 7.97. The van der Waals surface area contributed by atoms with E-state index >= 15 is 0 Å². The van der Waals surface area contributed by atoms with Gasteiger partial charge in [0.2, 0.25) is 6.10 Å². The summed E-state index contributed by atoms with van der Waals surface area (Å²) in [5, 5.41) is 2.94. The van der Waals surface area contributed by atoms with Crippen LogP contribution in [0.4, 0.5) is 0 Å². The first-order chi connectivity index (χ1) is 12.2. The first-order valence-electron chi connectivity index (χ1n) is 8.79. The maximum atomic E-state index is 12.8. The van der Waals surface area contributed by atoms with E-state index < -0.39 is 6.10 Å². The Bertz CT molecular complexity index is 710. The molecular formula is C21H23NO3. The highest BCUT2D eigenvalue weighted by Gasteiger charge is 2.32. The molecule has 0 aliphatic heterocycles. The second-order valence-corrected chi connectivity index (χ2v) is 6.38. The van der Waals surface area contributed by atoms with Gasteiger partial charge in [-0.2, -0.15) is 0 Å². The molecule has 1 amide bonds. The number of benzene rings is 2. The third-order valence-electron chi connectivity index (χ3n) is 4.39. The molecule has 0 saturated heterocycles. The minimum Gasteiger partial charge on any atom is -0.447 e. The smallest absolute Gasteiger partial charge is 0.314 e. The minimum atomic E-state index is -0.910. The van der Waals surface area contributed by atoms with Crippen LogP contribution in [0.15, 0.2) is 60.7 Å². The molecule has 1 aliphatic rings. The number of ether oxygens (including phenoxy) is 1. The minimum absolute atomic E-state index is 0.216. The Morgan fingerprint density at radius 3 is 2.08 bits per heavy atom. The summed E-state index contributed by atoms with van der Waals surface area (Å²) in [6, 6.07) is 18.9. The highest BCUT2D eigenvalue weighted by Crippen LogP contribution is 2.27. The van der Waals surface area contributed by atoms with E-state index in [1.807, 2.05) is 67.6 Å². The average molecular weight is 337 g/mol. The summed E-state index contributed by atoms with van der Waals surface area (Å²) >= 11 is 0. The molecule has 4 nitrogen and oxygen atoms in total. The number of hydrogen-bond donors (Lipinski definition) is 1. The Morgan fingerprint density at radius 2 is 1.56 bits per heavy atom. The summed E-state index contributed by atoms with van der Waals surface area (Å²) in [6.45, 7) is 1.95. The highest BCUT2D eigenvalue weighted by molar-refractivity contribution is 5.87. The molecule has 1 saturated carbocycles. The van der Waals surface area contributed by atoms with Crippen molar-refractivity contribution in [2.24, 2.45) is 0 Å². The molecule has 0 aromatic heterocycles. The van der Waals surface area contributed by atoms with Crippen molar-refractivity contribution in [3.63, 3.8) is 0 Å². The van der Waals surface area contributed by atoms with Gasteiger partial charge < -0.3 is 10.1 Å². The lowest BCUT2D eigenvalue weighted by Gasteiger charge is -2.21. The van der Waals surface area contributed by atoms with Gasteiger partial charge in [-0.15, -0.1) is 0 Å². The zero-order valence-corrected chi connectivity index (χ0v) is 14.4. The predicted molar refractivity (Wildman–Crippen MR) is 95.9 cm³/mol. The van der Waals surface area contributed by atoms with E-state index in [4.69, 9.17) is 4.74 Å².